The minimum atomic E-state index is 0.274. The highest BCUT2D eigenvalue weighted by Gasteiger charge is 2.34. The van der Waals surface area contributed by atoms with Gasteiger partial charge in [0, 0.05) is 5.41 Å². The van der Waals surface area contributed by atoms with Crippen molar-refractivity contribution < 1.29 is 0 Å². The van der Waals surface area contributed by atoms with Crippen molar-refractivity contribution >= 4 is 0 Å². The second kappa shape index (κ2) is 4.36. The summed E-state index contributed by atoms with van der Waals surface area (Å²) in [6.45, 7) is 3.05. The first-order chi connectivity index (χ1) is 7.32. The highest BCUT2D eigenvalue weighted by atomic mass is 14.5. The van der Waals surface area contributed by atoms with E-state index >= 15 is 0 Å². The molecule has 1 atom stereocenters. The molecular formula is C14H21N. The maximum Gasteiger partial charge on any atom is 0.0149 e. The smallest absolute Gasteiger partial charge is 0.0149 e. The fraction of sp³-hybridized carbons (Fsp3) is 0.571. The zero-order chi connectivity index (χ0) is 10.7. The van der Waals surface area contributed by atoms with Crippen molar-refractivity contribution in [2.24, 2.45) is 11.1 Å². The van der Waals surface area contributed by atoms with Crippen LogP contribution < -0.4 is 5.73 Å². The van der Waals surface area contributed by atoms with Crippen molar-refractivity contribution in [3.8, 4) is 0 Å². The summed E-state index contributed by atoms with van der Waals surface area (Å²) in [4.78, 5) is 0. The lowest BCUT2D eigenvalue weighted by molar-refractivity contribution is 0.401. The molecule has 0 aliphatic heterocycles. The molecule has 0 fully saturated rings. The molecule has 0 saturated carbocycles. The van der Waals surface area contributed by atoms with Gasteiger partial charge in [0.05, 0.1) is 0 Å². The molecule has 1 unspecified atom stereocenters. The summed E-state index contributed by atoms with van der Waals surface area (Å²) in [5, 5.41) is 0. The zero-order valence-electron chi connectivity index (χ0n) is 9.63. The van der Waals surface area contributed by atoms with Crippen LogP contribution in [0, 0.1) is 5.41 Å². The lowest BCUT2D eigenvalue weighted by Crippen LogP contribution is -2.23. The molecule has 2 aliphatic rings. The second-order valence-electron chi connectivity index (χ2n) is 4.66. The average molecular weight is 203 g/mol. The van der Waals surface area contributed by atoms with Crippen molar-refractivity contribution in [2.45, 2.75) is 39.0 Å². The molecule has 0 radical (unpaired) electrons. The van der Waals surface area contributed by atoms with Crippen molar-refractivity contribution in [2.75, 3.05) is 6.54 Å². The van der Waals surface area contributed by atoms with Crippen LogP contribution in [-0.4, -0.2) is 6.54 Å². The van der Waals surface area contributed by atoms with Gasteiger partial charge in [0.1, 0.15) is 0 Å². The number of nitrogens with two attached hydrogens (primary N) is 1. The fourth-order valence-electron chi connectivity index (χ4n) is 2.96. The van der Waals surface area contributed by atoms with Crippen LogP contribution in [0.2, 0.25) is 0 Å². The molecular weight excluding hydrogens is 182 g/mol. The number of allylic oxidation sites excluding steroid dienone is 6. The maximum atomic E-state index is 5.77. The quantitative estimate of drug-likeness (QED) is 0.745. The summed E-state index contributed by atoms with van der Waals surface area (Å²) in [5.41, 5.74) is 9.15. The Balaban J connectivity index is 2.29. The highest BCUT2D eigenvalue weighted by Crippen LogP contribution is 2.47. The van der Waals surface area contributed by atoms with E-state index < -0.39 is 0 Å². The normalized spacial score (nSPS) is 28.7. The SMILES string of the molecule is CCCC1(CCN)C=CC2=C1C=CCC2. The topological polar surface area (TPSA) is 26.0 Å². The summed E-state index contributed by atoms with van der Waals surface area (Å²) in [5.74, 6) is 0. The molecule has 1 nitrogen and oxygen atoms in total. The van der Waals surface area contributed by atoms with Gasteiger partial charge in [0.2, 0.25) is 0 Å². The minimum absolute atomic E-state index is 0.274. The predicted molar refractivity (Wildman–Crippen MR) is 65.6 cm³/mol. The Kier molecular flexibility index (Phi) is 3.11. The van der Waals surface area contributed by atoms with Gasteiger partial charge in [-0.25, -0.2) is 0 Å². The standard InChI is InChI=1S/C14H21N/c1-2-8-14(10-11-15)9-7-12-5-3-4-6-13(12)14/h4,6-7,9H,2-3,5,8,10-11,15H2,1H3. The van der Waals surface area contributed by atoms with E-state index in [9.17, 15) is 0 Å². The van der Waals surface area contributed by atoms with Crippen LogP contribution in [0.3, 0.4) is 0 Å². The van der Waals surface area contributed by atoms with Crippen molar-refractivity contribution in [1.82, 2.24) is 0 Å². The van der Waals surface area contributed by atoms with E-state index in [1.807, 2.05) is 0 Å². The summed E-state index contributed by atoms with van der Waals surface area (Å²) in [7, 11) is 0. The van der Waals surface area contributed by atoms with Crippen LogP contribution >= 0.6 is 0 Å². The summed E-state index contributed by atoms with van der Waals surface area (Å²) in [6, 6.07) is 0. The molecule has 0 amide bonds. The van der Waals surface area contributed by atoms with Gasteiger partial charge in [-0.05, 0) is 43.4 Å². The Morgan fingerprint density at radius 2 is 2.20 bits per heavy atom. The van der Waals surface area contributed by atoms with Gasteiger partial charge in [0.25, 0.3) is 0 Å². The van der Waals surface area contributed by atoms with Gasteiger partial charge in [0.15, 0.2) is 0 Å². The van der Waals surface area contributed by atoms with Crippen LogP contribution in [0.15, 0.2) is 35.5 Å². The average Bonchev–Trinajstić information content (AvgIpc) is 2.60. The third kappa shape index (κ3) is 1.81. The zero-order valence-corrected chi connectivity index (χ0v) is 9.63. The lowest BCUT2D eigenvalue weighted by atomic mass is 9.74. The maximum absolute atomic E-state index is 5.77. The molecule has 0 heterocycles. The molecule has 2 N–H and O–H groups in total. The highest BCUT2D eigenvalue weighted by molar-refractivity contribution is 5.49. The Hall–Kier alpha value is -0.820. The molecule has 0 aromatic rings. The molecule has 2 aliphatic carbocycles. The van der Waals surface area contributed by atoms with Gasteiger partial charge < -0.3 is 5.73 Å². The van der Waals surface area contributed by atoms with Crippen molar-refractivity contribution in [1.29, 1.82) is 0 Å². The predicted octanol–water partition coefficient (Wildman–Crippen LogP) is 3.34. The second-order valence-corrected chi connectivity index (χ2v) is 4.66. The van der Waals surface area contributed by atoms with E-state index in [0.717, 1.165) is 13.0 Å². The first kappa shape index (κ1) is 10.7. The summed E-state index contributed by atoms with van der Waals surface area (Å²) >= 11 is 0. The summed E-state index contributed by atoms with van der Waals surface area (Å²) < 4.78 is 0. The van der Waals surface area contributed by atoms with Crippen LogP contribution in [0.4, 0.5) is 0 Å². The van der Waals surface area contributed by atoms with Gasteiger partial charge in [-0.3, -0.25) is 0 Å². The molecule has 0 bridgehead atoms. The number of rotatable bonds is 4. The Labute approximate surface area is 92.7 Å². The monoisotopic (exact) mass is 203 g/mol. The molecule has 1 heteroatoms. The summed E-state index contributed by atoms with van der Waals surface area (Å²) in [6.07, 6.45) is 15.4. The van der Waals surface area contributed by atoms with Crippen LogP contribution in [0.25, 0.3) is 0 Å². The largest absolute Gasteiger partial charge is 0.330 e. The van der Waals surface area contributed by atoms with E-state index in [0.29, 0.717) is 0 Å². The molecule has 15 heavy (non-hydrogen) atoms. The molecule has 0 aromatic heterocycles. The van der Waals surface area contributed by atoms with Crippen molar-refractivity contribution in [3.05, 3.63) is 35.5 Å². The first-order valence-corrected chi connectivity index (χ1v) is 6.12. The molecule has 82 valence electrons. The number of hydrogen-bond acceptors (Lipinski definition) is 1. The Morgan fingerprint density at radius 3 is 2.93 bits per heavy atom. The van der Waals surface area contributed by atoms with E-state index in [1.165, 1.54) is 25.7 Å². The van der Waals surface area contributed by atoms with E-state index in [-0.39, 0.29) is 5.41 Å². The Morgan fingerprint density at radius 1 is 1.33 bits per heavy atom. The van der Waals surface area contributed by atoms with Crippen LogP contribution in [-0.2, 0) is 0 Å². The van der Waals surface area contributed by atoms with Gasteiger partial charge in [-0.2, -0.15) is 0 Å². The van der Waals surface area contributed by atoms with E-state index in [1.54, 1.807) is 11.1 Å². The van der Waals surface area contributed by atoms with E-state index in [4.69, 9.17) is 5.73 Å². The Bertz CT molecular complexity index is 314. The van der Waals surface area contributed by atoms with E-state index in [2.05, 4.69) is 31.2 Å². The molecule has 0 aromatic carbocycles. The first-order valence-electron chi connectivity index (χ1n) is 6.12. The number of hydrogen-bond donors (Lipinski definition) is 1. The molecule has 0 spiro atoms. The lowest BCUT2D eigenvalue weighted by Gasteiger charge is -2.30. The van der Waals surface area contributed by atoms with Crippen LogP contribution in [0.1, 0.15) is 39.0 Å². The minimum Gasteiger partial charge on any atom is -0.330 e. The van der Waals surface area contributed by atoms with Gasteiger partial charge in [-0.1, -0.05) is 37.6 Å². The van der Waals surface area contributed by atoms with Gasteiger partial charge in [-0.15, -0.1) is 0 Å². The fourth-order valence-corrected chi connectivity index (χ4v) is 2.96. The third-order valence-corrected chi connectivity index (χ3v) is 3.64. The molecule has 0 saturated heterocycles. The van der Waals surface area contributed by atoms with Crippen LogP contribution in [0.5, 0.6) is 0 Å². The van der Waals surface area contributed by atoms with Crippen molar-refractivity contribution in [3.63, 3.8) is 0 Å². The third-order valence-electron chi connectivity index (χ3n) is 3.64. The molecule has 2 rings (SSSR count). The van der Waals surface area contributed by atoms with Gasteiger partial charge >= 0.3 is 0 Å².